The van der Waals surface area contributed by atoms with Crippen LogP contribution in [0.4, 0.5) is 0 Å². The molecule has 96 valence electrons. The molecule has 1 fully saturated rings. The third-order valence-electron chi connectivity index (χ3n) is 3.02. The number of nitrogens with zero attached hydrogens (tertiary/aromatic N) is 4. The van der Waals surface area contributed by atoms with Crippen molar-refractivity contribution in [1.29, 1.82) is 0 Å². The molecule has 6 nitrogen and oxygen atoms in total. The van der Waals surface area contributed by atoms with E-state index in [0.717, 1.165) is 6.42 Å². The lowest BCUT2D eigenvalue weighted by molar-refractivity contribution is -0.132. The van der Waals surface area contributed by atoms with E-state index in [1.165, 1.54) is 23.5 Å². The number of aromatic nitrogens is 2. The molecule has 1 aliphatic rings. The van der Waals surface area contributed by atoms with Crippen LogP contribution in [0.5, 0.6) is 0 Å². The molecule has 1 unspecified atom stereocenters. The third kappa shape index (κ3) is 2.32. The van der Waals surface area contributed by atoms with Crippen molar-refractivity contribution in [2.45, 2.75) is 18.9 Å². The maximum Gasteiger partial charge on any atom is 0.274 e. The first-order valence-electron chi connectivity index (χ1n) is 5.89. The number of carbonyl (C=O) groups is 2. The monoisotopic (exact) mass is 248 g/mol. The molecule has 1 atom stereocenters. The number of likely N-dealkylation sites (tertiary alicyclic amines) is 1. The summed E-state index contributed by atoms with van der Waals surface area (Å²) in [6.45, 7) is 0.597. The second-order valence-electron chi connectivity index (χ2n) is 4.48. The molecule has 2 heterocycles. The summed E-state index contributed by atoms with van der Waals surface area (Å²) in [7, 11) is 3.40. The van der Waals surface area contributed by atoms with E-state index in [4.69, 9.17) is 0 Å². The van der Waals surface area contributed by atoms with E-state index in [9.17, 15) is 9.59 Å². The molecule has 0 N–H and O–H groups in total. The molecule has 1 aliphatic heterocycles. The Morgan fingerprint density at radius 1 is 1.39 bits per heavy atom. The van der Waals surface area contributed by atoms with Crippen LogP contribution in [-0.2, 0) is 4.79 Å². The van der Waals surface area contributed by atoms with E-state index in [1.807, 2.05) is 0 Å². The molecular formula is C12H16N4O2. The van der Waals surface area contributed by atoms with Gasteiger partial charge in [0.1, 0.15) is 11.7 Å². The van der Waals surface area contributed by atoms with Gasteiger partial charge in [0.25, 0.3) is 5.91 Å². The molecule has 0 spiro atoms. The second-order valence-corrected chi connectivity index (χ2v) is 4.48. The first-order valence-corrected chi connectivity index (χ1v) is 5.89. The van der Waals surface area contributed by atoms with E-state index in [1.54, 1.807) is 19.0 Å². The largest absolute Gasteiger partial charge is 0.347 e. The Morgan fingerprint density at radius 3 is 2.78 bits per heavy atom. The summed E-state index contributed by atoms with van der Waals surface area (Å²) in [5, 5.41) is 0. The van der Waals surface area contributed by atoms with Crippen molar-refractivity contribution >= 4 is 11.8 Å². The Labute approximate surface area is 106 Å². The van der Waals surface area contributed by atoms with Crippen LogP contribution in [-0.4, -0.2) is 58.3 Å². The van der Waals surface area contributed by atoms with Crippen LogP contribution in [0.2, 0.25) is 0 Å². The van der Waals surface area contributed by atoms with Gasteiger partial charge in [-0.1, -0.05) is 0 Å². The van der Waals surface area contributed by atoms with Gasteiger partial charge in [-0.2, -0.15) is 0 Å². The van der Waals surface area contributed by atoms with Crippen molar-refractivity contribution in [3.63, 3.8) is 0 Å². The van der Waals surface area contributed by atoms with E-state index in [-0.39, 0.29) is 23.6 Å². The maximum absolute atomic E-state index is 12.2. The summed E-state index contributed by atoms with van der Waals surface area (Å²) in [4.78, 5) is 35.2. The van der Waals surface area contributed by atoms with E-state index in [2.05, 4.69) is 9.97 Å². The fourth-order valence-electron chi connectivity index (χ4n) is 2.12. The molecular weight excluding hydrogens is 232 g/mol. The molecule has 1 saturated heterocycles. The zero-order valence-corrected chi connectivity index (χ0v) is 10.5. The molecule has 1 aromatic heterocycles. The van der Waals surface area contributed by atoms with Crippen molar-refractivity contribution in [2.24, 2.45) is 0 Å². The number of amides is 2. The minimum atomic E-state index is -0.366. The first kappa shape index (κ1) is 12.5. The summed E-state index contributed by atoms with van der Waals surface area (Å²) in [6.07, 6.45) is 5.98. The van der Waals surface area contributed by atoms with Crippen LogP contribution in [0.15, 0.2) is 18.6 Å². The average molecular weight is 248 g/mol. The molecule has 0 aromatic carbocycles. The van der Waals surface area contributed by atoms with Gasteiger partial charge in [-0.05, 0) is 12.8 Å². The standard InChI is InChI=1S/C12H16N4O2/c1-15(2)12(18)10-4-3-7-16(10)11(17)9-8-13-5-6-14-9/h5-6,8,10H,3-4,7H2,1-2H3. The van der Waals surface area contributed by atoms with Crippen molar-refractivity contribution in [3.8, 4) is 0 Å². The van der Waals surface area contributed by atoms with Crippen LogP contribution in [0.3, 0.4) is 0 Å². The predicted molar refractivity (Wildman–Crippen MR) is 64.8 cm³/mol. The summed E-state index contributed by atoms with van der Waals surface area (Å²) in [5.41, 5.74) is 0.288. The fourth-order valence-corrected chi connectivity index (χ4v) is 2.12. The lowest BCUT2D eigenvalue weighted by Crippen LogP contribution is -2.45. The Bertz CT molecular complexity index is 447. The summed E-state index contributed by atoms with van der Waals surface area (Å²) in [6, 6.07) is -0.366. The smallest absolute Gasteiger partial charge is 0.274 e. The highest BCUT2D eigenvalue weighted by Gasteiger charge is 2.35. The van der Waals surface area contributed by atoms with Gasteiger partial charge in [-0.3, -0.25) is 14.6 Å². The van der Waals surface area contributed by atoms with Gasteiger partial charge in [0.15, 0.2) is 0 Å². The van der Waals surface area contributed by atoms with Crippen molar-refractivity contribution in [2.75, 3.05) is 20.6 Å². The second kappa shape index (κ2) is 5.12. The third-order valence-corrected chi connectivity index (χ3v) is 3.02. The molecule has 6 heteroatoms. The Kier molecular flexibility index (Phi) is 3.55. The summed E-state index contributed by atoms with van der Waals surface area (Å²) < 4.78 is 0. The lowest BCUT2D eigenvalue weighted by atomic mass is 10.2. The van der Waals surface area contributed by atoms with Crippen molar-refractivity contribution < 1.29 is 9.59 Å². The number of likely N-dealkylation sites (N-methyl/N-ethyl adjacent to an activating group) is 1. The number of carbonyl (C=O) groups excluding carboxylic acids is 2. The first-order chi connectivity index (χ1) is 8.61. The van der Waals surface area contributed by atoms with Crippen LogP contribution >= 0.6 is 0 Å². The fraction of sp³-hybridized carbons (Fsp3) is 0.500. The van der Waals surface area contributed by atoms with Crippen LogP contribution < -0.4 is 0 Å². The van der Waals surface area contributed by atoms with Gasteiger partial charge in [0.05, 0.1) is 6.20 Å². The molecule has 2 rings (SSSR count). The Hall–Kier alpha value is -1.98. The zero-order valence-electron chi connectivity index (χ0n) is 10.5. The topological polar surface area (TPSA) is 66.4 Å². The molecule has 0 bridgehead atoms. The van der Waals surface area contributed by atoms with Gasteiger partial charge in [0, 0.05) is 33.0 Å². The van der Waals surface area contributed by atoms with Crippen molar-refractivity contribution in [3.05, 3.63) is 24.3 Å². The number of hydrogen-bond donors (Lipinski definition) is 0. The lowest BCUT2D eigenvalue weighted by Gasteiger charge is -2.25. The van der Waals surface area contributed by atoms with Gasteiger partial charge >= 0.3 is 0 Å². The van der Waals surface area contributed by atoms with Gasteiger partial charge in [-0.15, -0.1) is 0 Å². The highest BCUT2D eigenvalue weighted by atomic mass is 16.2. The molecule has 0 radical (unpaired) electrons. The van der Waals surface area contributed by atoms with Gasteiger partial charge in [-0.25, -0.2) is 4.98 Å². The van der Waals surface area contributed by atoms with E-state index >= 15 is 0 Å². The minimum absolute atomic E-state index is 0.0373. The highest BCUT2D eigenvalue weighted by Crippen LogP contribution is 2.20. The molecule has 0 saturated carbocycles. The molecule has 0 aliphatic carbocycles. The highest BCUT2D eigenvalue weighted by molar-refractivity contribution is 5.96. The SMILES string of the molecule is CN(C)C(=O)C1CCCN1C(=O)c1cnccn1. The minimum Gasteiger partial charge on any atom is -0.347 e. The Morgan fingerprint density at radius 2 is 2.17 bits per heavy atom. The number of hydrogen-bond acceptors (Lipinski definition) is 4. The summed E-state index contributed by atoms with van der Waals surface area (Å²) >= 11 is 0. The molecule has 1 aromatic rings. The summed E-state index contributed by atoms with van der Waals surface area (Å²) in [5.74, 6) is -0.259. The zero-order chi connectivity index (χ0) is 13.1. The normalized spacial score (nSPS) is 18.8. The molecule has 18 heavy (non-hydrogen) atoms. The average Bonchev–Trinajstić information content (AvgIpc) is 2.87. The van der Waals surface area contributed by atoms with Crippen LogP contribution in [0.1, 0.15) is 23.3 Å². The molecule has 2 amide bonds. The van der Waals surface area contributed by atoms with E-state index < -0.39 is 0 Å². The van der Waals surface area contributed by atoms with Gasteiger partial charge in [0.2, 0.25) is 5.91 Å². The van der Waals surface area contributed by atoms with Crippen LogP contribution in [0, 0.1) is 0 Å². The predicted octanol–water partition coefficient (Wildman–Crippen LogP) is 0.169. The van der Waals surface area contributed by atoms with Crippen LogP contribution in [0.25, 0.3) is 0 Å². The Balaban J connectivity index is 2.17. The van der Waals surface area contributed by atoms with E-state index in [0.29, 0.717) is 13.0 Å². The quantitative estimate of drug-likeness (QED) is 0.748. The van der Waals surface area contributed by atoms with Crippen molar-refractivity contribution in [1.82, 2.24) is 19.8 Å². The number of rotatable bonds is 2. The maximum atomic E-state index is 12.2. The van der Waals surface area contributed by atoms with Gasteiger partial charge < -0.3 is 9.80 Å².